The predicted octanol–water partition coefficient (Wildman–Crippen LogP) is -1.31. The van der Waals surface area contributed by atoms with Crippen LogP contribution >= 0.6 is 0 Å². The SMILES string of the molecule is O=C1CCC(N2Cc3c(ccnc3NCCN3CCNCC3=O)C2=O)C(=O)N1. The number of carbonyl (C=O) groups is 4. The van der Waals surface area contributed by atoms with E-state index in [2.05, 4.69) is 20.9 Å². The highest BCUT2D eigenvalue weighted by Gasteiger charge is 2.40. The Kier molecular flexibility index (Phi) is 4.95. The number of nitrogens with one attached hydrogen (secondary N) is 3. The molecule has 3 aliphatic heterocycles. The highest BCUT2D eigenvalue weighted by atomic mass is 16.2. The number of anilines is 1. The lowest BCUT2D eigenvalue weighted by Gasteiger charge is -2.29. The first-order valence-electron chi connectivity index (χ1n) is 9.39. The number of rotatable bonds is 5. The maximum atomic E-state index is 12.8. The van der Waals surface area contributed by atoms with E-state index in [4.69, 9.17) is 0 Å². The Balaban J connectivity index is 1.43. The number of amides is 4. The fraction of sp³-hybridized carbons (Fsp3) is 0.500. The standard InChI is InChI=1S/C18H22N6O4/c25-14-2-1-13(17(27)22-14)24-10-12-11(18(24)28)3-4-20-16(12)21-6-8-23-7-5-19-9-15(23)26/h3-4,13,19H,1-2,5-10H2,(H,20,21)(H,22,25,27). The van der Waals surface area contributed by atoms with E-state index in [1.807, 2.05) is 0 Å². The van der Waals surface area contributed by atoms with Gasteiger partial charge in [0.2, 0.25) is 17.7 Å². The Bertz CT molecular complexity index is 841. The van der Waals surface area contributed by atoms with E-state index < -0.39 is 11.9 Å². The summed E-state index contributed by atoms with van der Waals surface area (Å²) < 4.78 is 0. The third kappa shape index (κ3) is 3.42. The Morgan fingerprint density at radius 3 is 2.89 bits per heavy atom. The number of nitrogens with zero attached hydrogens (tertiary/aromatic N) is 3. The summed E-state index contributed by atoms with van der Waals surface area (Å²) in [6.07, 6.45) is 2.10. The van der Waals surface area contributed by atoms with E-state index in [1.54, 1.807) is 17.2 Å². The number of pyridine rings is 1. The van der Waals surface area contributed by atoms with Gasteiger partial charge >= 0.3 is 0 Å². The van der Waals surface area contributed by atoms with Crippen LogP contribution in [0.4, 0.5) is 5.82 Å². The molecule has 1 unspecified atom stereocenters. The largest absolute Gasteiger partial charge is 0.368 e. The van der Waals surface area contributed by atoms with Gasteiger partial charge in [0.15, 0.2) is 0 Å². The third-order valence-corrected chi connectivity index (χ3v) is 5.32. The highest BCUT2D eigenvalue weighted by molar-refractivity contribution is 6.05. The van der Waals surface area contributed by atoms with E-state index in [9.17, 15) is 19.2 Å². The minimum atomic E-state index is -0.649. The van der Waals surface area contributed by atoms with Crippen molar-refractivity contribution in [2.24, 2.45) is 0 Å². The molecule has 1 aromatic rings. The van der Waals surface area contributed by atoms with Crippen molar-refractivity contribution in [3.05, 3.63) is 23.4 Å². The summed E-state index contributed by atoms with van der Waals surface area (Å²) in [5.41, 5.74) is 1.25. The molecule has 4 heterocycles. The molecule has 0 spiro atoms. The van der Waals surface area contributed by atoms with Crippen molar-refractivity contribution in [1.29, 1.82) is 0 Å². The van der Waals surface area contributed by atoms with Gasteiger partial charge in [0.25, 0.3) is 5.91 Å². The van der Waals surface area contributed by atoms with Crippen LogP contribution in [0.1, 0.15) is 28.8 Å². The Morgan fingerprint density at radius 1 is 1.25 bits per heavy atom. The van der Waals surface area contributed by atoms with Gasteiger partial charge in [0, 0.05) is 49.9 Å². The fourth-order valence-electron chi connectivity index (χ4n) is 3.82. The minimum absolute atomic E-state index is 0.0681. The third-order valence-electron chi connectivity index (χ3n) is 5.32. The second kappa shape index (κ2) is 7.55. The van der Waals surface area contributed by atoms with Crippen LogP contribution in [0.25, 0.3) is 0 Å². The Hall–Kier alpha value is -3.01. The molecule has 3 N–H and O–H groups in total. The summed E-state index contributed by atoms with van der Waals surface area (Å²) in [6, 6.07) is 0.998. The number of imide groups is 1. The highest BCUT2D eigenvalue weighted by Crippen LogP contribution is 2.30. The molecule has 1 aromatic heterocycles. The van der Waals surface area contributed by atoms with Crippen LogP contribution in [0, 0.1) is 0 Å². The molecule has 10 nitrogen and oxygen atoms in total. The normalized spacial score (nSPS) is 22.4. The van der Waals surface area contributed by atoms with Gasteiger partial charge in [-0.05, 0) is 12.5 Å². The summed E-state index contributed by atoms with van der Waals surface area (Å²) >= 11 is 0. The molecule has 148 valence electrons. The molecule has 4 amide bonds. The number of piperidine rings is 1. The molecule has 3 aliphatic rings. The lowest BCUT2D eigenvalue weighted by molar-refractivity contribution is -0.137. The van der Waals surface area contributed by atoms with E-state index in [1.165, 1.54) is 4.90 Å². The summed E-state index contributed by atoms with van der Waals surface area (Å²) in [5, 5.41) is 8.55. The Morgan fingerprint density at radius 2 is 2.11 bits per heavy atom. The van der Waals surface area contributed by atoms with Crippen LogP contribution in [0.5, 0.6) is 0 Å². The zero-order valence-corrected chi connectivity index (χ0v) is 15.4. The van der Waals surface area contributed by atoms with Crippen molar-refractivity contribution in [2.75, 3.05) is 38.0 Å². The van der Waals surface area contributed by atoms with Crippen molar-refractivity contribution in [3.8, 4) is 0 Å². The van der Waals surface area contributed by atoms with Crippen molar-refractivity contribution < 1.29 is 19.2 Å². The predicted molar refractivity (Wildman–Crippen MR) is 98.2 cm³/mol. The molecular formula is C18H22N6O4. The summed E-state index contributed by atoms with van der Waals surface area (Å²) in [7, 11) is 0. The van der Waals surface area contributed by atoms with E-state index in [-0.39, 0.29) is 30.7 Å². The molecule has 4 rings (SSSR count). The fourth-order valence-corrected chi connectivity index (χ4v) is 3.82. The van der Waals surface area contributed by atoms with Crippen molar-refractivity contribution in [2.45, 2.75) is 25.4 Å². The van der Waals surface area contributed by atoms with Gasteiger partial charge in [-0.2, -0.15) is 0 Å². The zero-order chi connectivity index (χ0) is 19.7. The number of aromatic nitrogens is 1. The minimum Gasteiger partial charge on any atom is -0.368 e. The lowest BCUT2D eigenvalue weighted by atomic mass is 10.0. The van der Waals surface area contributed by atoms with Gasteiger partial charge in [-0.15, -0.1) is 0 Å². The monoisotopic (exact) mass is 386 g/mol. The van der Waals surface area contributed by atoms with Gasteiger partial charge in [-0.3, -0.25) is 24.5 Å². The van der Waals surface area contributed by atoms with Crippen LogP contribution in [-0.4, -0.2) is 77.2 Å². The maximum Gasteiger partial charge on any atom is 0.255 e. The number of fused-ring (bicyclic) bond motifs is 1. The van der Waals surface area contributed by atoms with Crippen LogP contribution in [0.2, 0.25) is 0 Å². The maximum absolute atomic E-state index is 12.8. The molecule has 1 atom stereocenters. The first-order valence-corrected chi connectivity index (χ1v) is 9.39. The first kappa shape index (κ1) is 18.4. The van der Waals surface area contributed by atoms with Crippen LogP contribution < -0.4 is 16.0 Å². The van der Waals surface area contributed by atoms with Crippen LogP contribution in [0.15, 0.2) is 12.3 Å². The van der Waals surface area contributed by atoms with Crippen molar-refractivity contribution in [3.63, 3.8) is 0 Å². The molecule has 2 saturated heterocycles. The molecule has 0 saturated carbocycles. The van der Waals surface area contributed by atoms with Crippen LogP contribution in [-0.2, 0) is 20.9 Å². The molecule has 10 heteroatoms. The van der Waals surface area contributed by atoms with Crippen molar-refractivity contribution >= 4 is 29.4 Å². The number of piperazine rings is 1. The molecule has 0 aliphatic carbocycles. The molecule has 28 heavy (non-hydrogen) atoms. The van der Waals surface area contributed by atoms with Gasteiger partial charge < -0.3 is 20.4 Å². The van der Waals surface area contributed by atoms with Gasteiger partial charge in [0.1, 0.15) is 11.9 Å². The van der Waals surface area contributed by atoms with E-state index in [0.717, 1.165) is 12.1 Å². The van der Waals surface area contributed by atoms with Gasteiger partial charge in [-0.1, -0.05) is 0 Å². The summed E-state index contributed by atoms with van der Waals surface area (Å²) in [4.78, 5) is 55.8. The topological polar surface area (TPSA) is 124 Å². The zero-order valence-electron chi connectivity index (χ0n) is 15.4. The van der Waals surface area contributed by atoms with E-state index in [0.29, 0.717) is 44.0 Å². The lowest BCUT2D eigenvalue weighted by Crippen LogP contribution is -2.52. The first-order chi connectivity index (χ1) is 13.5. The smallest absolute Gasteiger partial charge is 0.255 e. The molecule has 2 fully saturated rings. The second-order valence-corrected chi connectivity index (χ2v) is 7.07. The number of hydrogen-bond donors (Lipinski definition) is 3. The summed E-state index contributed by atoms with van der Waals surface area (Å²) in [5.74, 6) is -0.317. The summed E-state index contributed by atoms with van der Waals surface area (Å²) in [6.45, 7) is 3.14. The quantitative estimate of drug-likeness (QED) is 0.537. The van der Waals surface area contributed by atoms with Gasteiger partial charge in [0.05, 0.1) is 13.1 Å². The van der Waals surface area contributed by atoms with E-state index >= 15 is 0 Å². The number of carbonyl (C=O) groups excluding carboxylic acids is 4. The molecule has 0 radical (unpaired) electrons. The molecule has 0 bridgehead atoms. The average molecular weight is 386 g/mol. The van der Waals surface area contributed by atoms with Gasteiger partial charge in [-0.25, -0.2) is 4.98 Å². The van der Waals surface area contributed by atoms with Crippen molar-refractivity contribution in [1.82, 2.24) is 25.4 Å². The Labute approximate surface area is 161 Å². The molecular weight excluding hydrogens is 364 g/mol. The number of hydrogen-bond acceptors (Lipinski definition) is 7. The second-order valence-electron chi connectivity index (χ2n) is 7.07. The average Bonchev–Trinajstić information content (AvgIpc) is 3.01. The van der Waals surface area contributed by atoms with Crippen LogP contribution in [0.3, 0.4) is 0 Å². The molecule has 0 aromatic carbocycles.